The van der Waals surface area contributed by atoms with Crippen LogP contribution in [-0.4, -0.2) is 43.7 Å². The van der Waals surface area contributed by atoms with E-state index in [0.29, 0.717) is 18.4 Å². The van der Waals surface area contributed by atoms with E-state index in [2.05, 4.69) is 13.8 Å². The molecular weight excluding hydrogens is 218 g/mol. The van der Waals surface area contributed by atoms with Gasteiger partial charge in [0.1, 0.15) is 0 Å². The third-order valence-electron chi connectivity index (χ3n) is 3.29. The molecule has 0 aromatic heterocycles. The van der Waals surface area contributed by atoms with Gasteiger partial charge in [-0.05, 0) is 31.1 Å². The maximum Gasteiger partial charge on any atom is 0.0956 e. The second-order valence-corrected chi connectivity index (χ2v) is 5.40. The molecule has 2 atom stereocenters. The first-order valence-corrected chi connectivity index (χ1v) is 6.69. The molecule has 3 N–H and O–H groups in total. The van der Waals surface area contributed by atoms with Crippen molar-refractivity contribution in [2.75, 3.05) is 26.4 Å². The number of aliphatic hydroxyl groups excluding tert-OH is 1. The molecule has 0 aromatic carbocycles. The Morgan fingerprint density at radius 1 is 1.35 bits per heavy atom. The van der Waals surface area contributed by atoms with Crippen molar-refractivity contribution in [2.24, 2.45) is 17.6 Å². The second kappa shape index (κ2) is 8.03. The molecule has 0 aliphatic carbocycles. The zero-order chi connectivity index (χ0) is 12.7. The summed E-state index contributed by atoms with van der Waals surface area (Å²) in [5, 5.41) is 9.31. The van der Waals surface area contributed by atoms with E-state index >= 15 is 0 Å². The summed E-state index contributed by atoms with van der Waals surface area (Å²) < 4.78 is 11.1. The van der Waals surface area contributed by atoms with Gasteiger partial charge >= 0.3 is 0 Å². The molecular formula is C13H27NO3. The first-order valence-electron chi connectivity index (χ1n) is 6.69. The number of hydrogen-bond acceptors (Lipinski definition) is 4. The smallest absolute Gasteiger partial charge is 0.0956 e. The van der Waals surface area contributed by atoms with Crippen LogP contribution in [0.25, 0.3) is 0 Å². The van der Waals surface area contributed by atoms with Crippen LogP contribution in [0, 0.1) is 11.8 Å². The number of rotatable bonds is 7. The fraction of sp³-hybridized carbons (Fsp3) is 1.00. The molecule has 0 saturated carbocycles. The Labute approximate surface area is 104 Å². The van der Waals surface area contributed by atoms with Gasteiger partial charge in [0.15, 0.2) is 0 Å². The van der Waals surface area contributed by atoms with Crippen molar-refractivity contribution in [3.05, 3.63) is 0 Å². The van der Waals surface area contributed by atoms with Crippen LogP contribution in [0.15, 0.2) is 0 Å². The van der Waals surface area contributed by atoms with E-state index in [9.17, 15) is 5.11 Å². The summed E-state index contributed by atoms with van der Waals surface area (Å²) in [6.07, 6.45) is 2.77. The number of hydrogen-bond donors (Lipinski definition) is 2. The molecule has 1 fully saturated rings. The monoisotopic (exact) mass is 245 g/mol. The zero-order valence-electron chi connectivity index (χ0n) is 11.1. The Morgan fingerprint density at radius 3 is 2.53 bits per heavy atom. The van der Waals surface area contributed by atoms with Crippen LogP contribution in [0.3, 0.4) is 0 Å². The maximum absolute atomic E-state index is 9.31. The quantitative estimate of drug-likeness (QED) is 0.706. The molecule has 1 aliphatic rings. The summed E-state index contributed by atoms with van der Waals surface area (Å²) in [5.74, 6) is 1.09. The molecule has 0 amide bonds. The Morgan fingerprint density at radius 2 is 2.00 bits per heavy atom. The van der Waals surface area contributed by atoms with Crippen LogP contribution >= 0.6 is 0 Å². The van der Waals surface area contributed by atoms with Gasteiger partial charge in [0.05, 0.1) is 19.3 Å². The summed E-state index contributed by atoms with van der Waals surface area (Å²) in [5.41, 5.74) is 6.04. The third kappa shape index (κ3) is 5.82. The van der Waals surface area contributed by atoms with Crippen LogP contribution in [0.5, 0.6) is 0 Å². The molecule has 1 heterocycles. The van der Waals surface area contributed by atoms with Crippen molar-refractivity contribution >= 4 is 0 Å². The SMILES string of the molecule is CC(C)CC(N)C(CO)OCC1CCOCC1. The molecule has 4 heteroatoms. The van der Waals surface area contributed by atoms with Gasteiger partial charge in [-0.3, -0.25) is 0 Å². The molecule has 0 radical (unpaired) electrons. The largest absolute Gasteiger partial charge is 0.394 e. The fourth-order valence-electron chi connectivity index (χ4n) is 2.18. The lowest BCUT2D eigenvalue weighted by molar-refractivity contribution is -0.0418. The summed E-state index contributed by atoms with van der Waals surface area (Å²) >= 11 is 0. The number of nitrogens with two attached hydrogens (primary N) is 1. The number of ether oxygens (including phenoxy) is 2. The fourth-order valence-corrected chi connectivity index (χ4v) is 2.18. The summed E-state index contributed by atoms with van der Waals surface area (Å²) in [6.45, 7) is 6.63. The Bertz CT molecular complexity index is 193. The molecule has 1 aliphatic heterocycles. The third-order valence-corrected chi connectivity index (χ3v) is 3.29. The van der Waals surface area contributed by atoms with E-state index in [4.69, 9.17) is 15.2 Å². The standard InChI is InChI=1S/C13H27NO3/c1-10(2)7-12(14)13(8-15)17-9-11-3-5-16-6-4-11/h10-13,15H,3-9,14H2,1-2H3. The van der Waals surface area contributed by atoms with Crippen LogP contribution in [0.1, 0.15) is 33.1 Å². The molecule has 17 heavy (non-hydrogen) atoms. The van der Waals surface area contributed by atoms with Crippen molar-refractivity contribution in [3.8, 4) is 0 Å². The first-order chi connectivity index (χ1) is 8.13. The van der Waals surface area contributed by atoms with Gasteiger partial charge < -0.3 is 20.3 Å². The van der Waals surface area contributed by atoms with Crippen LogP contribution in [0.4, 0.5) is 0 Å². The minimum Gasteiger partial charge on any atom is -0.394 e. The molecule has 2 unspecified atom stereocenters. The van der Waals surface area contributed by atoms with Crippen molar-refractivity contribution in [3.63, 3.8) is 0 Å². The van der Waals surface area contributed by atoms with Gasteiger partial charge in [-0.1, -0.05) is 13.8 Å². The minimum absolute atomic E-state index is 0.0110. The minimum atomic E-state index is -0.222. The highest BCUT2D eigenvalue weighted by molar-refractivity contribution is 4.75. The molecule has 0 aromatic rings. The van der Waals surface area contributed by atoms with E-state index < -0.39 is 0 Å². The van der Waals surface area contributed by atoms with Crippen LogP contribution in [0.2, 0.25) is 0 Å². The summed E-state index contributed by atoms with van der Waals surface area (Å²) in [4.78, 5) is 0. The van der Waals surface area contributed by atoms with Crippen LogP contribution in [-0.2, 0) is 9.47 Å². The van der Waals surface area contributed by atoms with E-state index in [1.165, 1.54) is 0 Å². The highest BCUT2D eigenvalue weighted by Gasteiger charge is 2.21. The van der Waals surface area contributed by atoms with E-state index in [0.717, 1.165) is 32.5 Å². The molecule has 0 spiro atoms. The molecule has 1 rings (SSSR count). The van der Waals surface area contributed by atoms with Gasteiger partial charge in [0.25, 0.3) is 0 Å². The lowest BCUT2D eigenvalue weighted by Gasteiger charge is -2.27. The molecule has 0 bridgehead atoms. The second-order valence-electron chi connectivity index (χ2n) is 5.40. The van der Waals surface area contributed by atoms with Crippen molar-refractivity contribution in [1.29, 1.82) is 0 Å². The van der Waals surface area contributed by atoms with Gasteiger partial charge in [0, 0.05) is 19.3 Å². The van der Waals surface area contributed by atoms with Gasteiger partial charge in [-0.25, -0.2) is 0 Å². The van der Waals surface area contributed by atoms with Crippen molar-refractivity contribution in [2.45, 2.75) is 45.3 Å². The Balaban J connectivity index is 2.25. The van der Waals surface area contributed by atoms with Crippen molar-refractivity contribution in [1.82, 2.24) is 0 Å². The Hall–Kier alpha value is -0.160. The van der Waals surface area contributed by atoms with Crippen LogP contribution < -0.4 is 5.73 Å². The maximum atomic E-state index is 9.31. The van der Waals surface area contributed by atoms with E-state index in [-0.39, 0.29) is 18.8 Å². The zero-order valence-corrected chi connectivity index (χ0v) is 11.1. The highest BCUT2D eigenvalue weighted by Crippen LogP contribution is 2.17. The van der Waals surface area contributed by atoms with E-state index in [1.807, 2.05) is 0 Å². The predicted molar refractivity (Wildman–Crippen MR) is 67.8 cm³/mol. The predicted octanol–water partition coefficient (Wildman–Crippen LogP) is 1.16. The average molecular weight is 245 g/mol. The Kier molecular flexibility index (Phi) is 7.04. The van der Waals surface area contributed by atoms with E-state index in [1.54, 1.807) is 0 Å². The average Bonchev–Trinajstić information content (AvgIpc) is 2.30. The molecule has 4 nitrogen and oxygen atoms in total. The lowest BCUT2D eigenvalue weighted by Crippen LogP contribution is -2.41. The highest BCUT2D eigenvalue weighted by atomic mass is 16.5. The van der Waals surface area contributed by atoms with Gasteiger partial charge in [-0.15, -0.1) is 0 Å². The lowest BCUT2D eigenvalue weighted by atomic mass is 9.99. The van der Waals surface area contributed by atoms with Crippen molar-refractivity contribution < 1.29 is 14.6 Å². The first kappa shape index (κ1) is 14.9. The topological polar surface area (TPSA) is 64.7 Å². The molecule has 1 saturated heterocycles. The molecule has 102 valence electrons. The number of aliphatic hydroxyl groups is 1. The van der Waals surface area contributed by atoms with Gasteiger partial charge in [0.2, 0.25) is 0 Å². The van der Waals surface area contributed by atoms with Gasteiger partial charge in [-0.2, -0.15) is 0 Å². The summed E-state index contributed by atoms with van der Waals surface area (Å²) in [6, 6.07) is -0.0696. The normalized spacial score (nSPS) is 21.7. The summed E-state index contributed by atoms with van der Waals surface area (Å²) in [7, 11) is 0.